The molecule has 2 heterocycles. The highest BCUT2D eigenvalue weighted by Crippen LogP contribution is 2.55. The number of halogens is 2. The third kappa shape index (κ3) is 3.40. The van der Waals surface area contributed by atoms with Crippen molar-refractivity contribution in [2.75, 3.05) is 10.6 Å². The molecule has 0 radical (unpaired) electrons. The molecule has 3 amide bonds. The number of anilines is 2. The number of benzene rings is 2. The van der Waals surface area contributed by atoms with Crippen LogP contribution >= 0.6 is 23.2 Å². The minimum atomic E-state index is -1.18. The fraction of sp³-hybridized carbons (Fsp3) is 0.261. The van der Waals surface area contributed by atoms with Gasteiger partial charge in [0.15, 0.2) is 0 Å². The van der Waals surface area contributed by atoms with Crippen LogP contribution in [0, 0.1) is 0 Å². The fourth-order valence-corrected chi connectivity index (χ4v) is 5.19. The quantitative estimate of drug-likeness (QED) is 0.597. The van der Waals surface area contributed by atoms with Gasteiger partial charge >= 0.3 is 0 Å². The molecule has 1 spiro atoms. The SMILES string of the molecule is C=C(C)[C@H]1NC(=O)C[C@@H](c2cc(Cl)ccc2NC(C)=O)[C@]12C(=O)Nc1cc(Cl)ccc12. The normalized spacial score (nSPS) is 24.4. The molecule has 31 heavy (non-hydrogen) atoms. The summed E-state index contributed by atoms with van der Waals surface area (Å²) < 4.78 is 0. The van der Waals surface area contributed by atoms with Crippen LogP contribution in [-0.4, -0.2) is 23.8 Å². The van der Waals surface area contributed by atoms with Crippen LogP contribution in [0.1, 0.15) is 37.3 Å². The summed E-state index contributed by atoms with van der Waals surface area (Å²) in [5.41, 5.74) is 1.88. The van der Waals surface area contributed by atoms with Crippen LogP contribution in [0.15, 0.2) is 48.6 Å². The van der Waals surface area contributed by atoms with Crippen LogP contribution in [0.25, 0.3) is 0 Å². The van der Waals surface area contributed by atoms with E-state index in [9.17, 15) is 14.4 Å². The van der Waals surface area contributed by atoms with Crippen LogP contribution in [0.5, 0.6) is 0 Å². The van der Waals surface area contributed by atoms with E-state index in [0.29, 0.717) is 38.1 Å². The largest absolute Gasteiger partial charge is 0.348 e. The summed E-state index contributed by atoms with van der Waals surface area (Å²) in [4.78, 5) is 38.3. The lowest BCUT2D eigenvalue weighted by Crippen LogP contribution is -2.62. The lowest BCUT2D eigenvalue weighted by Gasteiger charge is -2.47. The molecule has 2 aliphatic rings. The Morgan fingerprint density at radius 3 is 2.48 bits per heavy atom. The lowest BCUT2D eigenvalue weighted by molar-refractivity contribution is -0.130. The van der Waals surface area contributed by atoms with Crippen molar-refractivity contribution in [3.63, 3.8) is 0 Å². The molecular formula is C23H21Cl2N3O3. The van der Waals surface area contributed by atoms with Gasteiger partial charge in [0.05, 0.1) is 6.04 Å². The van der Waals surface area contributed by atoms with E-state index in [1.165, 1.54) is 6.92 Å². The van der Waals surface area contributed by atoms with Gasteiger partial charge in [-0.25, -0.2) is 0 Å². The average molecular weight is 458 g/mol. The molecule has 2 aromatic carbocycles. The van der Waals surface area contributed by atoms with Gasteiger partial charge in [-0.05, 0) is 48.4 Å². The maximum atomic E-state index is 13.7. The van der Waals surface area contributed by atoms with Gasteiger partial charge < -0.3 is 16.0 Å². The molecule has 3 atom stereocenters. The van der Waals surface area contributed by atoms with Crippen LogP contribution in [0.4, 0.5) is 11.4 Å². The molecule has 1 fully saturated rings. The molecule has 2 aromatic rings. The summed E-state index contributed by atoms with van der Waals surface area (Å²) in [5.74, 6) is -1.35. The number of hydrogen-bond donors (Lipinski definition) is 3. The number of rotatable bonds is 3. The summed E-state index contributed by atoms with van der Waals surface area (Å²) in [6, 6.07) is 9.60. The Bertz CT molecular complexity index is 1150. The number of fused-ring (bicyclic) bond motifs is 2. The van der Waals surface area contributed by atoms with E-state index in [2.05, 4.69) is 22.5 Å². The Kier molecular flexibility index (Phi) is 5.31. The van der Waals surface area contributed by atoms with Gasteiger partial charge in [0.25, 0.3) is 0 Å². The average Bonchev–Trinajstić information content (AvgIpc) is 2.96. The van der Waals surface area contributed by atoms with E-state index in [-0.39, 0.29) is 24.1 Å². The smallest absolute Gasteiger partial charge is 0.238 e. The van der Waals surface area contributed by atoms with Crippen LogP contribution < -0.4 is 16.0 Å². The second-order valence-corrected chi connectivity index (χ2v) is 8.90. The van der Waals surface area contributed by atoms with Gasteiger partial charge in [-0.3, -0.25) is 14.4 Å². The van der Waals surface area contributed by atoms with E-state index < -0.39 is 17.4 Å². The molecule has 0 saturated carbocycles. The van der Waals surface area contributed by atoms with Crippen molar-refractivity contribution < 1.29 is 14.4 Å². The second kappa shape index (κ2) is 7.70. The van der Waals surface area contributed by atoms with Gasteiger partial charge in [0, 0.05) is 40.7 Å². The molecule has 0 aliphatic carbocycles. The molecule has 3 N–H and O–H groups in total. The molecular weight excluding hydrogens is 437 g/mol. The summed E-state index contributed by atoms with van der Waals surface area (Å²) in [6.45, 7) is 7.24. The van der Waals surface area contributed by atoms with Crippen molar-refractivity contribution in [1.29, 1.82) is 0 Å². The van der Waals surface area contributed by atoms with Gasteiger partial charge in [0.2, 0.25) is 17.7 Å². The summed E-state index contributed by atoms with van der Waals surface area (Å²) in [7, 11) is 0. The van der Waals surface area contributed by atoms with Gasteiger partial charge in [-0.2, -0.15) is 0 Å². The fourth-order valence-electron chi connectivity index (χ4n) is 4.83. The van der Waals surface area contributed by atoms with Gasteiger partial charge in [-0.15, -0.1) is 0 Å². The Morgan fingerprint density at radius 1 is 1.13 bits per heavy atom. The topological polar surface area (TPSA) is 87.3 Å². The molecule has 4 rings (SSSR count). The van der Waals surface area contributed by atoms with E-state index in [0.717, 1.165) is 0 Å². The zero-order chi connectivity index (χ0) is 22.5. The third-order valence-electron chi connectivity index (χ3n) is 5.94. The van der Waals surface area contributed by atoms with E-state index >= 15 is 0 Å². The first kappa shape index (κ1) is 21.4. The first-order valence-corrected chi connectivity index (χ1v) is 10.5. The Hall–Kier alpha value is -2.83. The zero-order valence-corrected chi connectivity index (χ0v) is 18.5. The Labute approximate surface area is 190 Å². The van der Waals surface area contributed by atoms with Crippen molar-refractivity contribution in [3.05, 3.63) is 69.7 Å². The Morgan fingerprint density at radius 2 is 1.81 bits per heavy atom. The van der Waals surface area contributed by atoms with Gasteiger partial charge in [0.1, 0.15) is 5.41 Å². The summed E-state index contributed by atoms with van der Waals surface area (Å²) in [5, 5.41) is 9.62. The minimum Gasteiger partial charge on any atom is -0.348 e. The molecule has 0 unspecified atom stereocenters. The van der Waals surface area contributed by atoms with Gasteiger partial charge in [-0.1, -0.05) is 41.4 Å². The predicted octanol–water partition coefficient (Wildman–Crippen LogP) is 4.39. The number of amides is 3. The highest BCUT2D eigenvalue weighted by molar-refractivity contribution is 6.31. The first-order valence-electron chi connectivity index (χ1n) is 9.78. The minimum absolute atomic E-state index is 0.0339. The van der Waals surface area contributed by atoms with Crippen LogP contribution in [0.2, 0.25) is 10.0 Å². The Balaban J connectivity index is 2.03. The number of carbonyl (C=O) groups excluding carboxylic acids is 3. The van der Waals surface area contributed by atoms with E-state index in [1.807, 2.05) is 0 Å². The molecule has 0 aromatic heterocycles. The maximum absolute atomic E-state index is 13.7. The van der Waals surface area contributed by atoms with Crippen molar-refractivity contribution in [3.8, 4) is 0 Å². The lowest BCUT2D eigenvalue weighted by atomic mass is 9.59. The molecule has 0 bridgehead atoms. The van der Waals surface area contributed by atoms with Crippen molar-refractivity contribution in [2.45, 2.75) is 37.6 Å². The maximum Gasteiger partial charge on any atom is 0.238 e. The number of nitrogens with one attached hydrogen (secondary N) is 3. The van der Waals surface area contributed by atoms with E-state index in [1.54, 1.807) is 43.3 Å². The molecule has 8 heteroatoms. The van der Waals surface area contributed by atoms with Crippen LogP contribution in [0.3, 0.4) is 0 Å². The van der Waals surface area contributed by atoms with Crippen LogP contribution in [-0.2, 0) is 19.8 Å². The molecule has 160 valence electrons. The number of hydrogen-bond acceptors (Lipinski definition) is 3. The molecule has 6 nitrogen and oxygen atoms in total. The third-order valence-corrected chi connectivity index (χ3v) is 6.41. The summed E-state index contributed by atoms with van der Waals surface area (Å²) in [6.07, 6.45) is 0.0339. The predicted molar refractivity (Wildman–Crippen MR) is 122 cm³/mol. The molecule has 2 aliphatic heterocycles. The van der Waals surface area contributed by atoms with Crippen molar-refractivity contribution in [2.24, 2.45) is 0 Å². The second-order valence-electron chi connectivity index (χ2n) is 8.03. The van der Waals surface area contributed by atoms with Crippen molar-refractivity contribution in [1.82, 2.24) is 5.32 Å². The standard InChI is InChI=1S/C23H21Cl2N3O3/c1-11(2)21-23(16-6-4-14(25)9-19(16)27-22(23)31)17(10-20(30)28-21)15-8-13(24)5-7-18(15)26-12(3)29/h4-9,17,21H,1,10H2,2-3H3,(H,26,29)(H,27,31)(H,28,30)/t17-,21+,23-/m0/s1. The zero-order valence-electron chi connectivity index (χ0n) is 17.0. The number of piperidine rings is 1. The first-order chi connectivity index (χ1) is 14.6. The van der Waals surface area contributed by atoms with E-state index in [4.69, 9.17) is 23.2 Å². The highest BCUT2D eigenvalue weighted by Gasteiger charge is 2.61. The van der Waals surface area contributed by atoms with Crippen molar-refractivity contribution >= 4 is 52.3 Å². The highest BCUT2D eigenvalue weighted by atomic mass is 35.5. The number of carbonyl (C=O) groups is 3. The monoisotopic (exact) mass is 457 g/mol. The summed E-state index contributed by atoms with van der Waals surface area (Å²) >= 11 is 12.5. The molecule has 1 saturated heterocycles.